The summed E-state index contributed by atoms with van der Waals surface area (Å²) >= 11 is 0. The van der Waals surface area contributed by atoms with E-state index in [1.165, 1.54) is 154 Å². The molecule has 4 aliphatic rings. The van der Waals surface area contributed by atoms with Crippen LogP contribution in [0, 0.1) is 35.0 Å². The number of rotatable bonds is 1. The van der Waals surface area contributed by atoms with Gasteiger partial charge in [0.2, 0.25) is 0 Å². The van der Waals surface area contributed by atoms with Crippen molar-refractivity contribution in [2.45, 2.75) is 161 Å². The minimum absolute atomic E-state index is 0.378. The fraction of sp³-hybridized carbons (Fsp3) is 0.967. The van der Waals surface area contributed by atoms with E-state index in [4.69, 9.17) is 5.26 Å². The second kappa shape index (κ2) is 18.0. The smallest absolute Gasteiger partial charge is 0.0655 e. The van der Waals surface area contributed by atoms with Crippen molar-refractivity contribution in [3.05, 3.63) is 0 Å². The Bertz CT molecular complexity index is 370. The van der Waals surface area contributed by atoms with E-state index in [1.54, 1.807) is 0 Å². The van der Waals surface area contributed by atoms with Crippen molar-refractivity contribution in [1.82, 2.24) is 0 Å². The summed E-state index contributed by atoms with van der Waals surface area (Å²) in [6, 6.07) is 2.43. The molecule has 0 bridgehead atoms. The topological polar surface area (TPSA) is 23.8 Å². The van der Waals surface area contributed by atoms with Gasteiger partial charge in [-0.25, -0.2) is 0 Å². The molecule has 0 N–H and O–H groups in total. The van der Waals surface area contributed by atoms with Crippen LogP contribution in [0.1, 0.15) is 161 Å². The average molecular weight is 430 g/mol. The molecule has 0 spiro atoms. The zero-order valence-corrected chi connectivity index (χ0v) is 21.2. The van der Waals surface area contributed by atoms with Gasteiger partial charge in [0.25, 0.3) is 0 Å². The fourth-order valence-electron chi connectivity index (χ4n) is 6.31. The van der Waals surface area contributed by atoms with Crippen LogP contribution in [-0.2, 0) is 0 Å². The highest BCUT2D eigenvalue weighted by molar-refractivity contribution is 4.89. The number of nitriles is 1. The largest absolute Gasteiger partial charge is 0.198 e. The molecular formula is C30H55N. The van der Waals surface area contributed by atoms with Crippen molar-refractivity contribution in [2.24, 2.45) is 23.7 Å². The first-order valence-corrected chi connectivity index (χ1v) is 14.7. The number of hydrogen-bond acceptors (Lipinski definition) is 1. The summed E-state index contributed by atoms with van der Waals surface area (Å²) in [5.41, 5.74) is 0. The molecular weight excluding hydrogens is 374 g/mol. The Morgan fingerprint density at radius 1 is 0.419 bits per heavy atom. The van der Waals surface area contributed by atoms with Gasteiger partial charge in [-0.2, -0.15) is 5.26 Å². The molecule has 0 atom stereocenters. The molecule has 0 aromatic heterocycles. The SMILES string of the molecule is C1CCCCCCC1.C1CCCCCCC1.CC1CCC(C2CCC(C#N)CC2)CC1. The van der Waals surface area contributed by atoms with Crippen molar-refractivity contribution in [3.63, 3.8) is 0 Å². The van der Waals surface area contributed by atoms with Gasteiger partial charge in [-0.1, -0.05) is 122 Å². The molecule has 31 heavy (non-hydrogen) atoms. The molecule has 4 fully saturated rings. The lowest BCUT2D eigenvalue weighted by molar-refractivity contribution is 0.161. The zero-order valence-electron chi connectivity index (χ0n) is 21.2. The average Bonchev–Trinajstić information content (AvgIpc) is 2.74. The summed E-state index contributed by atoms with van der Waals surface area (Å²) in [4.78, 5) is 0. The zero-order chi connectivity index (χ0) is 22.0. The Balaban J connectivity index is 0.000000181. The maximum atomic E-state index is 8.87. The van der Waals surface area contributed by atoms with Crippen LogP contribution in [0.5, 0.6) is 0 Å². The summed E-state index contributed by atoms with van der Waals surface area (Å²) in [6.45, 7) is 2.39. The van der Waals surface area contributed by atoms with E-state index in [0.29, 0.717) is 5.92 Å². The van der Waals surface area contributed by atoms with Gasteiger partial charge >= 0.3 is 0 Å². The van der Waals surface area contributed by atoms with Crippen LogP contribution in [0.3, 0.4) is 0 Å². The highest BCUT2D eigenvalue weighted by Crippen LogP contribution is 2.40. The third kappa shape index (κ3) is 12.9. The molecule has 0 aliphatic heterocycles. The normalized spacial score (nSPS) is 32.8. The molecule has 1 heteroatoms. The summed E-state index contributed by atoms with van der Waals surface area (Å²) in [5.74, 6) is 3.31. The van der Waals surface area contributed by atoms with Gasteiger partial charge in [0.1, 0.15) is 0 Å². The van der Waals surface area contributed by atoms with Gasteiger partial charge in [0, 0.05) is 5.92 Å². The Morgan fingerprint density at radius 3 is 0.935 bits per heavy atom. The first-order valence-electron chi connectivity index (χ1n) is 14.7. The molecule has 4 aliphatic carbocycles. The molecule has 0 radical (unpaired) electrons. The molecule has 4 saturated carbocycles. The second-order valence-corrected chi connectivity index (χ2v) is 11.4. The van der Waals surface area contributed by atoms with Crippen LogP contribution < -0.4 is 0 Å². The molecule has 180 valence electrons. The quantitative estimate of drug-likeness (QED) is 0.406. The van der Waals surface area contributed by atoms with Crippen LogP contribution in [0.15, 0.2) is 0 Å². The molecule has 0 saturated heterocycles. The van der Waals surface area contributed by atoms with Crippen LogP contribution in [0.25, 0.3) is 0 Å². The first-order chi connectivity index (χ1) is 15.3. The molecule has 0 heterocycles. The molecule has 1 nitrogen and oxygen atoms in total. The Hall–Kier alpha value is -0.510. The van der Waals surface area contributed by atoms with E-state index >= 15 is 0 Å². The van der Waals surface area contributed by atoms with Crippen LogP contribution in [0.4, 0.5) is 0 Å². The van der Waals surface area contributed by atoms with Crippen molar-refractivity contribution in [1.29, 1.82) is 5.26 Å². The second-order valence-electron chi connectivity index (χ2n) is 11.4. The van der Waals surface area contributed by atoms with Gasteiger partial charge in [-0.15, -0.1) is 0 Å². The lowest BCUT2D eigenvalue weighted by Crippen LogP contribution is -2.24. The molecule has 0 aromatic rings. The van der Waals surface area contributed by atoms with Crippen LogP contribution >= 0.6 is 0 Å². The van der Waals surface area contributed by atoms with Gasteiger partial charge < -0.3 is 0 Å². The maximum absolute atomic E-state index is 8.87. The molecule has 0 unspecified atom stereocenters. The standard InChI is InChI=1S/C14H23N.2C8H16/c1-11-2-6-13(7-3-11)14-8-4-12(10-15)5-9-14;2*1-2-4-6-8-7-5-3-1/h11-14H,2-9H2,1H3;2*1-8H2. The monoisotopic (exact) mass is 429 g/mol. The Kier molecular flexibility index (Phi) is 15.5. The predicted octanol–water partition coefficient (Wildman–Crippen LogP) is 10.4. The highest BCUT2D eigenvalue weighted by atomic mass is 14.4. The van der Waals surface area contributed by atoms with Gasteiger partial charge in [0.15, 0.2) is 0 Å². The van der Waals surface area contributed by atoms with Crippen LogP contribution in [0.2, 0.25) is 0 Å². The van der Waals surface area contributed by atoms with Crippen molar-refractivity contribution in [2.75, 3.05) is 0 Å². The lowest BCUT2D eigenvalue weighted by atomic mass is 9.70. The summed E-state index contributed by atoms with van der Waals surface area (Å²) < 4.78 is 0. The summed E-state index contributed by atoms with van der Waals surface area (Å²) in [6.07, 6.45) is 34.8. The Labute approximate surface area is 196 Å². The highest BCUT2D eigenvalue weighted by Gasteiger charge is 2.29. The third-order valence-electron chi connectivity index (χ3n) is 8.68. The van der Waals surface area contributed by atoms with Gasteiger partial charge in [-0.3, -0.25) is 0 Å². The third-order valence-corrected chi connectivity index (χ3v) is 8.68. The van der Waals surface area contributed by atoms with Gasteiger partial charge in [-0.05, 0) is 56.3 Å². The minimum Gasteiger partial charge on any atom is -0.198 e. The van der Waals surface area contributed by atoms with E-state index in [0.717, 1.165) is 17.8 Å². The predicted molar refractivity (Wildman–Crippen MR) is 136 cm³/mol. The van der Waals surface area contributed by atoms with E-state index in [-0.39, 0.29) is 0 Å². The van der Waals surface area contributed by atoms with Crippen molar-refractivity contribution < 1.29 is 0 Å². The fourth-order valence-corrected chi connectivity index (χ4v) is 6.31. The number of hydrogen-bond donors (Lipinski definition) is 0. The molecule has 4 rings (SSSR count). The van der Waals surface area contributed by atoms with Crippen molar-refractivity contribution in [3.8, 4) is 6.07 Å². The summed E-state index contributed by atoms with van der Waals surface area (Å²) in [7, 11) is 0. The maximum Gasteiger partial charge on any atom is 0.0655 e. The summed E-state index contributed by atoms with van der Waals surface area (Å²) in [5, 5.41) is 8.87. The van der Waals surface area contributed by atoms with Crippen molar-refractivity contribution >= 4 is 0 Å². The minimum atomic E-state index is 0.378. The molecule has 0 amide bonds. The van der Waals surface area contributed by atoms with E-state index in [1.807, 2.05) is 0 Å². The number of nitrogens with zero attached hydrogens (tertiary/aromatic N) is 1. The molecule has 0 aromatic carbocycles. The first kappa shape index (κ1) is 26.7. The van der Waals surface area contributed by atoms with E-state index < -0.39 is 0 Å². The van der Waals surface area contributed by atoms with Gasteiger partial charge in [0.05, 0.1) is 6.07 Å². The Morgan fingerprint density at radius 2 is 0.677 bits per heavy atom. The van der Waals surface area contributed by atoms with E-state index in [2.05, 4.69) is 13.0 Å². The van der Waals surface area contributed by atoms with Crippen LogP contribution in [-0.4, -0.2) is 0 Å². The van der Waals surface area contributed by atoms with E-state index in [9.17, 15) is 0 Å². The lowest BCUT2D eigenvalue weighted by Gasteiger charge is -2.35.